The average Bonchev–Trinajstić information content (AvgIpc) is 3.18. The number of nitrogens with zero attached hydrogens (tertiary/aromatic N) is 3. The Morgan fingerprint density at radius 3 is 2.55 bits per heavy atom. The van der Waals surface area contributed by atoms with Gasteiger partial charge in [0.15, 0.2) is 0 Å². The number of aryl methyl sites for hydroxylation is 2. The monoisotopic (exact) mass is 488 g/mol. The molecule has 4 rings (SSSR count). The Morgan fingerprint density at radius 2 is 1.85 bits per heavy atom. The highest BCUT2D eigenvalue weighted by molar-refractivity contribution is 7.89. The summed E-state index contributed by atoms with van der Waals surface area (Å²) >= 11 is 6.09. The summed E-state index contributed by atoms with van der Waals surface area (Å²) in [5.41, 5.74) is 2.40. The van der Waals surface area contributed by atoms with Crippen LogP contribution in [0.2, 0.25) is 5.02 Å². The number of sulfonamides is 1. The number of morpholine rings is 1. The first-order valence-electron chi connectivity index (χ1n) is 10.6. The Bertz CT molecular complexity index is 1240. The summed E-state index contributed by atoms with van der Waals surface area (Å²) in [7, 11) is -3.53. The molecule has 0 unspecified atom stereocenters. The number of ether oxygens (including phenoxy) is 1. The van der Waals surface area contributed by atoms with Crippen molar-refractivity contribution in [3.05, 3.63) is 70.9 Å². The first-order valence-corrected chi connectivity index (χ1v) is 12.4. The minimum absolute atomic E-state index is 0.164. The summed E-state index contributed by atoms with van der Waals surface area (Å²) in [6, 6.07) is 15.7. The van der Waals surface area contributed by atoms with E-state index < -0.39 is 10.0 Å². The van der Waals surface area contributed by atoms with Crippen LogP contribution in [0.25, 0.3) is 5.69 Å². The molecule has 2 aromatic carbocycles. The normalized spacial score (nSPS) is 14.8. The van der Waals surface area contributed by atoms with E-state index in [0.717, 1.165) is 16.9 Å². The molecule has 1 aromatic heterocycles. The van der Waals surface area contributed by atoms with E-state index in [0.29, 0.717) is 43.6 Å². The van der Waals surface area contributed by atoms with Crippen molar-refractivity contribution >= 4 is 33.3 Å². The van der Waals surface area contributed by atoms with Gasteiger partial charge in [-0.3, -0.25) is 4.79 Å². The lowest BCUT2D eigenvalue weighted by atomic mass is 10.1. The molecule has 0 aliphatic carbocycles. The predicted octanol–water partition coefficient (Wildman–Crippen LogP) is 3.43. The molecule has 1 N–H and O–H groups in total. The van der Waals surface area contributed by atoms with Crippen LogP contribution in [0.1, 0.15) is 17.7 Å². The quantitative estimate of drug-likeness (QED) is 0.550. The number of aromatic nitrogens is 2. The lowest BCUT2D eigenvalue weighted by Crippen LogP contribution is -2.40. The number of anilines is 1. The van der Waals surface area contributed by atoms with Crippen LogP contribution >= 0.6 is 11.6 Å². The van der Waals surface area contributed by atoms with E-state index in [1.54, 1.807) is 47.1 Å². The van der Waals surface area contributed by atoms with Gasteiger partial charge in [0.25, 0.3) is 0 Å². The molecule has 2 heterocycles. The highest BCUT2D eigenvalue weighted by Gasteiger charge is 2.26. The number of hydrogen-bond acceptors (Lipinski definition) is 5. The lowest BCUT2D eigenvalue weighted by molar-refractivity contribution is -0.116. The van der Waals surface area contributed by atoms with Crippen LogP contribution in [0, 0.1) is 6.92 Å². The standard InChI is InChI=1S/C23H25ClN4O4S/c1-17-15-22(28(26-17)20-4-2-3-19(24)16-20)25-23(29)10-7-18-5-8-21(9-6-18)33(30,31)27-11-13-32-14-12-27/h2-6,8-9,15-16H,7,10-14H2,1H3,(H,25,29). The molecule has 0 radical (unpaired) electrons. The van der Waals surface area contributed by atoms with Gasteiger partial charge in [0.2, 0.25) is 15.9 Å². The van der Waals surface area contributed by atoms with Crippen molar-refractivity contribution in [3.63, 3.8) is 0 Å². The molecule has 0 saturated carbocycles. The molecule has 1 fully saturated rings. The van der Waals surface area contributed by atoms with Gasteiger partial charge in [0, 0.05) is 30.6 Å². The summed E-state index contributed by atoms with van der Waals surface area (Å²) in [6.07, 6.45) is 0.726. The first-order chi connectivity index (χ1) is 15.8. The fraction of sp³-hybridized carbons (Fsp3) is 0.304. The molecule has 1 aliphatic heterocycles. The second-order valence-corrected chi connectivity index (χ2v) is 10.1. The van der Waals surface area contributed by atoms with E-state index in [1.165, 1.54) is 4.31 Å². The van der Waals surface area contributed by atoms with Crippen molar-refractivity contribution in [2.24, 2.45) is 0 Å². The van der Waals surface area contributed by atoms with Gasteiger partial charge in [0.05, 0.1) is 29.5 Å². The third kappa shape index (κ3) is 5.62. The van der Waals surface area contributed by atoms with E-state index in [1.807, 2.05) is 19.1 Å². The molecular weight excluding hydrogens is 464 g/mol. The Hall–Kier alpha value is -2.72. The van der Waals surface area contributed by atoms with Crippen LogP contribution in [-0.4, -0.2) is 54.7 Å². The largest absolute Gasteiger partial charge is 0.379 e. The number of halogens is 1. The second kappa shape index (κ2) is 10.0. The van der Waals surface area contributed by atoms with Gasteiger partial charge >= 0.3 is 0 Å². The number of carbonyl (C=O) groups excluding carboxylic acids is 1. The molecule has 1 aliphatic rings. The Kier molecular flexibility index (Phi) is 7.14. The highest BCUT2D eigenvalue weighted by atomic mass is 35.5. The van der Waals surface area contributed by atoms with Crippen molar-refractivity contribution in [3.8, 4) is 5.69 Å². The van der Waals surface area contributed by atoms with Crippen molar-refractivity contribution in [1.29, 1.82) is 0 Å². The summed E-state index contributed by atoms with van der Waals surface area (Å²) in [5, 5.41) is 7.92. The molecule has 0 bridgehead atoms. The van der Waals surface area contributed by atoms with Gasteiger partial charge in [-0.25, -0.2) is 13.1 Å². The average molecular weight is 489 g/mol. The maximum Gasteiger partial charge on any atom is 0.243 e. The number of hydrogen-bond donors (Lipinski definition) is 1. The minimum atomic E-state index is -3.53. The van der Waals surface area contributed by atoms with Crippen LogP contribution in [-0.2, 0) is 26.0 Å². The van der Waals surface area contributed by atoms with Gasteiger partial charge in [-0.15, -0.1) is 0 Å². The molecule has 3 aromatic rings. The minimum Gasteiger partial charge on any atom is -0.379 e. The van der Waals surface area contributed by atoms with Gasteiger partial charge in [-0.1, -0.05) is 29.8 Å². The van der Waals surface area contributed by atoms with E-state index in [4.69, 9.17) is 16.3 Å². The number of nitrogens with one attached hydrogen (secondary N) is 1. The molecule has 1 saturated heterocycles. The highest BCUT2D eigenvalue weighted by Crippen LogP contribution is 2.21. The van der Waals surface area contributed by atoms with E-state index in [9.17, 15) is 13.2 Å². The Labute approximate surface area is 198 Å². The van der Waals surface area contributed by atoms with Gasteiger partial charge in [-0.2, -0.15) is 9.40 Å². The summed E-state index contributed by atoms with van der Waals surface area (Å²) in [5.74, 6) is 0.398. The maximum atomic E-state index is 12.7. The lowest BCUT2D eigenvalue weighted by Gasteiger charge is -2.26. The number of benzene rings is 2. The molecule has 33 heavy (non-hydrogen) atoms. The molecule has 174 valence electrons. The van der Waals surface area contributed by atoms with Crippen LogP contribution in [0.15, 0.2) is 59.5 Å². The topological polar surface area (TPSA) is 93.5 Å². The summed E-state index contributed by atoms with van der Waals surface area (Å²) in [4.78, 5) is 12.8. The van der Waals surface area contributed by atoms with Crippen molar-refractivity contribution < 1.29 is 17.9 Å². The van der Waals surface area contributed by atoms with Crippen molar-refractivity contribution in [1.82, 2.24) is 14.1 Å². The maximum absolute atomic E-state index is 12.7. The molecule has 10 heteroatoms. The van der Waals surface area contributed by atoms with Crippen LogP contribution in [0.4, 0.5) is 5.82 Å². The van der Waals surface area contributed by atoms with Gasteiger partial charge in [0.1, 0.15) is 5.82 Å². The smallest absolute Gasteiger partial charge is 0.243 e. The molecule has 8 nitrogen and oxygen atoms in total. The fourth-order valence-electron chi connectivity index (χ4n) is 3.62. The van der Waals surface area contributed by atoms with Gasteiger partial charge in [-0.05, 0) is 49.2 Å². The summed E-state index contributed by atoms with van der Waals surface area (Å²) < 4.78 is 33.8. The van der Waals surface area contributed by atoms with Crippen molar-refractivity contribution in [2.75, 3.05) is 31.6 Å². The van der Waals surface area contributed by atoms with Crippen LogP contribution in [0.3, 0.4) is 0 Å². The number of carbonyl (C=O) groups is 1. The number of rotatable bonds is 7. The van der Waals surface area contributed by atoms with E-state index in [2.05, 4.69) is 10.4 Å². The fourth-order valence-corrected chi connectivity index (χ4v) is 5.21. The van der Waals surface area contributed by atoms with E-state index >= 15 is 0 Å². The number of amides is 1. The third-order valence-corrected chi connectivity index (χ3v) is 7.47. The zero-order chi connectivity index (χ0) is 23.4. The zero-order valence-electron chi connectivity index (χ0n) is 18.2. The Balaban J connectivity index is 1.38. The SMILES string of the molecule is Cc1cc(NC(=O)CCc2ccc(S(=O)(=O)N3CCOCC3)cc2)n(-c2cccc(Cl)c2)n1. The second-order valence-electron chi connectivity index (χ2n) is 7.77. The van der Waals surface area contributed by atoms with Gasteiger partial charge < -0.3 is 10.1 Å². The van der Waals surface area contributed by atoms with Crippen LogP contribution < -0.4 is 5.32 Å². The molecule has 1 amide bonds. The van der Waals surface area contributed by atoms with Crippen LogP contribution in [0.5, 0.6) is 0 Å². The molecule has 0 atom stereocenters. The van der Waals surface area contributed by atoms with Crippen molar-refractivity contribution in [2.45, 2.75) is 24.7 Å². The zero-order valence-corrected chi connectivity index (χ0v) is 19.8. The third-order valence-electron chi connectivity index (χ3n) is 5.32. The Morgan fingerprint density at radius 1 is 1.12 bits per heavy atom. The summed E-state index contributed by atoms with van der Waals surface area (Å²) in [6.45, 7) is 3.37. The predicted molar refractivity (Wildman–Crippen MR) is 126 cm³/mol. The molecule has 0 spiro atoms. The first kappa shape index (κ1) is 23.4. The van der Waals surface area contributed by atoms with E-state index in [-0.39, 0.29) is 17.2 Å². The molecular formula is C23H25ClN4O4S.